The van der Waals surface area contributed by atoms with Gasteiger partial charge in [-0.15, -0.1) is 0 Å². The molecule has 0 saturated heterocycles. The number of hydrogen-bond acceptors (Lipinski definition) is 6. The maximum atomic E-state index is 12.9. The minimum Gasteiger partial charge on any atom is -0.486 e. The average Bonchev–Trinajstić information content (AvgIpc) is 3.38. The van der Waals surface area contributed by atoms with Crippen molar-refractivity contribution in [3.8, 4) is 5.75 Å². The third kappa shape index (κ3) is 5.55. The number of carbonyl (C=O) groups excluding carboxylic acids is 1. The predicted molar refractivity (Wildman–Crippen MR) is 134 cm³/mol. The monoisotopic (exact) mass is 523 g/mol. The molecule has 4 rings (SSSR count). The number of aromatic amines is 1. The number of aromatic nitrogens is 5. The van der Waals surface area contributed by atoms with E-state index in [4.69, 9.17) is 33.1 Å². The fourth-order valence-corrected chi connectivity index (χ4v) is 4.63. The van der Waals surface area contributed by atoms with Crippen LogP contribution in [-0.2, 0) is 16.7 Å². The average molecular weight is 524 g/mol. The van der Waals surface area contributed by atoms with Crippen LogP contribution < -0.4 is 15.2 Å². The van der Waals surface area contributed by atoms with E-state index in [1.807, 2.05) is 6.92 Å². The van der Waals surface area contributed by atoms with Crippen LogP contribution in [0, 0.1) is 0 Å². The van der Waals surface area contributed by atoms with Crippen LogP contribution in [0.2, 0.25) is 10.0 Å². The van der Waals surface area contributed by atoms with E-state index in [2.05, 4.69) is 25.6 Å². The van der Waals surface area contributed by atoms with Gasteiger partial charge in [-0.2, -0.15) is 10.2 Å². The van der Waals surface area contributed by atoms with Gasteiger partial charge >= 0.3 is 0 Å². The Labute approximate surface area is 206 Å². The first-order valence-corrected chi connectivity index (χ1v) is 13.4. The highest BCUT2D eigenvalue weighted by Gasteiger charge is 2.19. The first kappa shape index (κ1) is 24.1. The van der Waals surface area contributed by atoms with Gasteiger partial charge in [0.25, 0.3) is 5.91 Å². The lowest BCUT2D eigenvalue weighted by Crippen LogP contribution is -2.27. The second kappa shape index (κ2) is 9.71. The second-order valence-electron chi connectivity index (χ2n) is 7.90. The number of H-pyrrole nitrogens is 1. The van der Waals surface area contributed by atoms with Crippen LogP contribution in [0.5, 0.6) is 5.75 Å². The van der Waals surface area contributed by atoms with E-state index in [1.54, 1.807) is 29.1 Å². The summed E-state index contributed by atoms with van der Waals surface area (Å²) in [6.07, 6.45) is 7.21. The van der Waals surface area contributed by atoms with Crippen molar-refractivity contribution >= 4 is 55.8 Å². The van der Waals surface area contributed by atoms with Crippen LogP contribution in [0.15, 0.2) is 43.0 Å². The zero-order valence-corrected chi connectivity index (χ0v) is 20.7. The third-order valence-electron chi connectivity index (χ3n) is 5.02. The maximum absolute atomic E-state index is 12.9. The van der Waals surface area contributed by atoms with Gasteiger partial charge in [-0.05, 0) is 25.1 Å². The fourth-order valence-electron chi connectivity index (χ4n) is 3.35. The number of amides is 1. The molecule has 4 aromatic rings. The van der Waals surface area contributed by atoms with Gasteiger partial charge in [0.2, 0.25) is 0 Å². The molecule has 3 aromatic heterocycles. The number of carbonyl (C=O) groups is 1. The molecule has 1 amide bonds. The molecule has 1 atom stereocenters. The number of rotatable bonds is 8. The van der Waals surface area contributed by atoms with Crippen LogP contribution in [-0.4, -0.2) is 47.1 Å². The number of anilines is 1. The zero-order valence-electron chi connectivity index (χ0n) is 18.3. The number of aryl methyl sites for hydroxylation is 1. The number of halogens is 2. The molecule has 1 unspecified atom stereocenters. The molecular formula is C21H23Cl2N7O3S. The normalized spacial score (nSPS) is 13.1. The lowest BCUT2D eigenvalue weighted by molar-refractivity contribution is 0.102. The number of thiol groups is 1. The molecule has 0 aliphatic heterocycles. The number of hydrogen-bond donors (Lipinski definition) is 4. The van der Waals surface area contributed by atoms with Crippen molar-refractivity contribution < 1.29 is 13.7 Å². The molecule has 10 nitrogen and oxygen atoms in total. The van der Waals surface area contributed by atoms with Crippen molar-refractivity contribution in [3.05, 3.63) is 64.3 Å². The van der Waals surface area contributed by atoms with Gasteiger partial charge in [0, 0.05) is 41.5 Å². The Hall–Kier alpha value is -2.99. The summed E-state index contributed by atoms with van der Waals surface area (Å²) >= 11 is 12.5. The van der Waals surface area contributed by atoms with Crippen molar-refractivity contribution in [2.75, 3.05) is 17.3 Å². The first-order valence-electron chi connectivity index (χ1n) is 10.2. The quantitative estimate of drug-likeness (QED) is 0.261. The number of nitrogens with zero attached hydrogens (tertiary/aromatic N) is 4. The molecule has 0 spiro atoms. The topological polar surface area (TPSA) is 141 Å². The third-order valence-corrected chi connectivity index (χ3v) is 6.71. The summed E-state index contributed by atoms with van der Waals surface area (Å²) in [5, 5.41) is 20.9. The van der Waals surface area contributed by atoms with Gasteiger partial charge in [0.05, 0.1) is 34.0 Å². The number of nitrogens with one attached hydrogen (secondary N) is 2. The number of benzene rings is 1. The molecule has 0 fully saturated rings. The predicted octanol–water partition coefficient (Wildman–Crippen LogP) is 3.37. The Morgan fingerprint density at radius 3 is 2.74 bits per heavy atom. The van der Waals surface area contributed by atoms with Crippen LogP contribution in [0.4, 0.5) is 5.69 Å². The summed E-state index contributed by atoms with van der Waals surface area (Å²) in [4.78, 5) is 16.8. The van der Waals surface area contributed by atoms with Crippen LogP contribution in [0.3, 0.4) is 0 Å². The SMILES string of the molecule is CC(Oc1ccc2[nH]nc(C(=O)Nc3cnn(CC[SH](C)(N)=O)c3)c2c1)c1c(Cl)cncc1Cl. The van der Waals surface area contributed by atoms with E-state index >= 15 is 0 Å². The molecule has 0 aliphatic rings. The molecule has 0 bridgehead atoms. The molecule has 3 heterocycles. The Balaban J connectivity index is 1.51. The van der Waals surface area contributed by atoms with Crippen LogP contribution in [0.1, 0.15) is 29.1 Å². The standard InChI is InChI=1S/C21H23Cl2N7O3S/c1-12(19-16(22)9-25-10-17(19)23)33-14-3-4-18-15(7-14)20(29-28-18)21(31)27-13-8-26-30(11-13)5-6-34(2,24)32/h3-4,7-12,34H,5-6H2,1-2H3,(H2,24,32)(H,27,31)(H,28,29). The van der Waals surface area contributed by atoms with Gasteiger partial charge in [0.1, 0.15) is 11.9 Å². The van der Waals surface area contributed by atoms with Gasteiger partial charge in [-0.3, -0.25) is 28.9 Å². The van der Waals surface area contributed by atoms with Gasteiger partial charge in [-0.1, -0.05) is 33.3 Å². The molecule has 1 aromatic carbocycles. The molecule has 34 heavy (non-hydrogen) atoms. The summed E-state index contributed by atoms with van der Waals surface area (Å²) in [5.41, 5.74) is 1.96. The molecule has 4 N–H and O–H groups in total. The second-order valence-corrected chi connectivity index (χ2v) is 11.5. The molecule has 13 heteroatoms. The molecule has 0 aliphatic carbocycles. The first-order chi connectivity index (χ1) is 16.1. The van der Waals surface area contributed by atoms with Crippen LogP contribution in [0.25, 0.3) is 10.9 Å². The molecule has 0 radical (unpaired) electrons. The smallest absolute Gasteiger partial charge is 0.276 e. The Morgan fingerprint density at radius 1 is 1.29 bits per heavy atom. The highest BCUT2D eigenvalue weighted by molar-refractivity contribution is 8.00. The van der Waals surface area contributed by atoms with Crippen molar-refractivity contribution in [2.24, 2.45) is 5.14 Å². The zero-order chi connectivity index (χ0) is 24.5. The summed E-state index contributed by atoms with van der Waals surface area (Å²) in [6, 6.07) is 5.25. The van der Waals surface area contributed by atoms with Crippen molar-refractivity contribution in [2.45, 2.75) is 19.6 Å². The van der Waals surface area contributed by atoms with E-state index in [0.717, 1.165) is 0 Å². The number of pyridine rings is 1. The maximum Gasteiger partial charge on any atom is 0.276 e. The summed E-state index contributed by atoms with van der Waals surface area (Å²) < 4.78 is 19.3. The van der Waals surface area contributed by atoms with Crippen LogP contribution >= 0.6 is 23.2 Å². The Bertz CT molecular complexity index is 1380. The lowest BCUT2D eigenvalue weighted by atomic mass is 10.1. The van der Waals surface area contributed by atoms with Gasteiger partial charge in [-0.25, -0.2) is 0 Å². The van der Waals surface area contributed by atoms with Gasteiger partial charge in [0.15, 0.2) is 5.69 Å². The molecule has 180 valence electrons. The number of fused-ring (bicyclic) bond motifs is 1. The Kier molecular flexibility index (Phi) is 6.89. The van der Waals surface area contributed by atoms with E-state index in [0.29, 0.717) is 50.2 Å². The lowest BCUT2D eigenvalue weighted by Gasteiger charge is -2.17. The number of ether oxygens (including phenoxy) is 1. The fraction of sp³-hybridized carbons (Fsp3) is 0.238. The molecule has 0 saturated carbocycles. The highest BCUT2D eigenvalue weighted by atomic mass is 35.5. The highest BCUT2D eigenvalue weighted by Crippen LogP contribution is 2.33. The van der Waals surface area contributed by atoms with E-state index in [-0.39, 0.29) is 5.69 Å². The van der Waals surface area contributed by atoms with E-state index < -0.39 is 22.1 Å². The minimum absolute atomic E-state index is 0.195. The number of nitrogens with two attached hydrogens (primary N) is 1. The Morgan fingerprint density at radius 2 is 2.03 bits per heavy atom. The van der Waals surface area contributed by atoms with E-state index in [1.165, 1.54) is 24.8 Å². The summed E-state index contributed by atoms with van der Waals surface area (Å²) in [5.74, 6) is 0.401. The van der Waals surface area contributed by atoms with E-state index in [9.17, 15) is 9.00 Å². The molecular weight excluding hydrogens is 501 g/mol. The van der Waals surface area contributed by atoms with Gasteiger partial charge < -0.3 is 10.1 Å². The minimum atomic E-state index is -2.65. The van der Waals surface area contributed by atoms with Crippen molar-refractivity contribution in [3.63, 3.8) is 0 Å². The largest absolute Gasteiger partial charge is 0.486 e. The summed E-state index contributed by atoms with van der Waals surface area (Å²) in [6.45, 7) is 2.20. The van der Waals surface area contributed by atoms with Crippen molar-refractivity contribution in [1.29, 1.82) is 0 Å². The van der Waals surface area contributed by atoms with Crippen molar-refractivity contribution in [1.82, 2.24) is 25.0 Å². The summed E-state index contributed by atoms with van der Waals surface area (Å²) in [7, 11) is -2.65.